The van der Waals surface area contributed by atoms with Crippen LogP contribution < -0.4 is 9.47 Å². The number of amides is 1. The van der Waals surface area contributed by atoms with Crippen LogP contribution in [0.25, 0.3) is 11.3 Å². The molecule has 0 saturated carbocycles. The van der Waals surface area contributed by atoms with Crippen molar-refractivity contribution in [2.75, 3.05) is 19.7 Å². The molecule has 186 valence electrons. The molecule has 1 aliphatic heterocycles. The molecule has 4 rings (SSSR count). The number of aromatic nitrogens is 2. The third-order valence-corrected chi connectivity index (χ3v) is 6.21. The third-order valence-electron chi connectivity index (χ3n) is 6.21. The number of rotatable bonds is 8. The number of aromatic amines is 1. The van der Waals surface area contributed by atoms with Crippen molar-refractivity contribution in [1.82, 2.24) is 15.1 Å². The first-order valence-electron chi connectivity index (χ1n) is 12.0. The van der Waals surface area contributed by atoms with Gasteiger partial charge in [-0.2, -0.15) is 5.10 Å². The van der Waals surface area contributed by atoms with Gasteiger partial charge in [0.1, 0.15) is 34.7 Å². The van der Waals surface area contributed by atoms with Crippen LogP contribution in [0.4, 0.5) is 4.39 Å². The highest BCUT2D eigenvalue weighted by Gasteiger charge is 2.45. The maximum absolute atomic E-state index is 13.4. The van der Waals surface area contributed by atoms with Crippen molar-refractivity contribution in [1.29, 1.82) is 0 Å². The molecule has 1 aliphatic rings. The van der Waals surface area contributed by atoms with Gasteiger partial charge in [0.15, 0.2) is 0 Å². The molecule has 8 heteroatoms. The fourth-order valence-corrected chi connectivity index (χ4v) is 4.54. The standard InChI is InChI=1S/C27H32FN3O4/c1-4-34-21-9-5-19(6-10-21)23-15-24(30-29-23)26(32)31-14-13-27(33,16-18(2)3)25(17-31)35-22-11-7-20(28)8-12-22/h5-12,15,18,25,33H,4,13-14,16-17H2,1-3H3,(H,29,30)/t25-,27+/m0/s1. The first-order valence-corrected chi connectivity index (χ1v) is 12.0. The summed E-state index contributed by atoms with van der Waals surface area (Å²) in [7, 11) is 0. The minimum absolute atomic E-state index is 0.205. The number of likely N-dealkylation sites (tertiary alicyclic amines) is 1. The molecule has 1 saturated heterocycles. The van der Waals surface area contributed by atoms with Gasteiger partial charge in [-0.05, 0) is 80.3 Å². The molecule has 0 spiro atoms. The molecule has 7 nitrogen and oxygen atoms in total. The Morgan fingerprint density at radius 2 is 1.89 bits per heavy atom. The van der Waals surface area contributed by atoms with Crippen LogP contribution in [-0.2, 0) is 0 Å². The Hall–Kier alpha value is -3.39. The Morgan fingerprint density at radius 1 is 1.20 bits per heavy atom. The summed E-state index contributed by atoms with van der Waals surface area (Å²) in [5, 5.41) is 18.6. The fourth-order valence-electron chi connectivity index (χ4n) is 4.54. The average Bonchev–Trinajstić information content (AvgIpc) is 3.32. The lowest BCUT2D eigenvalue weighted by atomic mass is 9.81. The van der Waals surface area contributed by atoms with E-state index in [1.165, 1.54) is 24.3 Å². The van der Waals surface area contributed by atoms with E-state index in [9.17, 15) is 14.3 Å². The number of nitrogens with zero attached hydrogens (tertiary/aromatic N) is 2. The van der Waals surface area contributed by atoms with Crippen molar-refractivity contribution in [3.05, 3.63) is 66.1 Å². The van der Waals surface area contributed by atoms with E-state index in [4.69, 9.17) is 9.47 Å². The number of hydrogen-bond donors (Lipinski definition) is 2. The lowest BCUT2D eigenvalue weighted by Gasteiger charge is -2.45. The molecule has 2 atom stereocenters. The van der Waals surface area contributed by atoms with Crippen molar-refractivity contribution in [3.8, 4) is 22.8 Å². The summed E-state index contributed by atoms with van der Waals surface area (Å²) in [4.78, 5) is 15.0. The van der Waals surface area contributed by atoms with Gasteiger partial charge in [0, 0.05) is 12.1 Å². The van der Waals surface area contributed by atoms with Gasteiger partial charge in [-0.1, -0.05) is 13.8 Å². The summed E-state index contributed by atoms with van der Waals surface area (Å²) in [6.45, 7) is 7.20. The lowest BCUT2D eigenvalue weighted by molar-refractivity contribution is -0.111. The van der Waals surface area contributed by atoms with Crippen molar-refractivity contribution in [2.24, 2.45) is 5.92 Å². The monoisotopic (exact) mass is 481 g/mol. The number of piperidine rings is 1. The van der Waals surface area contributed by atoms with Gasteiger partial charge in [0.2, 0.25) is 0 Å². The molecule has 35 heavy (non-hydrogen) atoms. The molecule has 1 aromatic heterocycles. The molecule has 1 amide bonds. The molecule has 1 fully saturated rings. The number of aliphatic hydroxyl groups is 1. The molecule has 3 aromatic rings. The lowest BCUT2D eigenvalue weighted by Crippen LogP contribution is -2.59. The Kier molecular flexibility index (Phi) is 7.40. The Balaban J connectivity index is 1.50. The van der Waals surface area contributed by atoms with E-state index in [0.717, 1.165) is 11.3 Å². The zero-order valence-electron chi connectivity index (χ0n) is 20.3. The van der Waals surface area contributed by atoms with E-state index in [1.807, 2.05) is 45.0 Å². The molecular formula is C27H32FN3O4. The quantitative estimate of drug-likeness (QED) is 0.488. The molecule has 2 N–H and O–H groups in total. The normalized spacial score (nSPS) is 20.2. The summed E-state index contributed by atoms with van der Waals surface area (Å²) in [5.74, 6) is 0.891. The van der Waals surface area contributed by atoms with Crippen LogP contribution in [0.3, 0.4) is 0 Å². The van der Waals surface area contributed by atoms with E-state index in [1.54, 1.807) is 11.0 Å². The second-order valence-electron chi connectivity index (χ2n) is 9.39. The van der Waals surface area contributed by atoms with Crippen LogP contribution in [0.1, 0.15) is 44.1 Å². The van der Waals surface area contributed by atoms with Gasteiger partial charge in [0.25, 0.3) is 5.91 Å². The van der Waals surface area contributed by atoms with Gasteiger partial charge < -0.3 is 19.5 Å². The summed E-state index contributed by atoms with van der Waals surface area (Å²) in [6.07, 6.45) is 0.261. The number of hydrogen-bond acceptors (Lipinski definition) is 5. The molecular weight excluding hydrogens is 449 g/mol. The van der Waals surface area contributed by atoms with Crippen molar-refractivity contribution in [2.45, 2.75) is 45.3 Å². The predicted molar refractivity (Wildman–Crippen MR) is 131 cm³/mol. The fraction of sp³-hybridized carbons (Fsp3) is 0.407. The van der Waals surface area contributed by atoms with Gasteiger partial charge in [-0.3, -0.25) is 9.89 Å². The number of benzene rings is 2. The molecule has 0 bridgehead atoms. The zero-order valence-corrected chi connectivity index (χ0v) is 20.3. The average molecular weight is 482 g/mol. The number of ether oxygens (including phenoxy) is 2. The Morgan fingerprint density at radius 3 is 2.54 bits per heavy atom. The van der Waals surface area contributed by atoms with Crippen molar-refractivity contribution in [3.63, 3.8) is 0 Å². The first-order chi connectivity index (χ1) is 16.8. The van der Waals surface area contributed by atoms with Crippen LogP contribution in [0.15, 0.2) is 54.6 Å². The second kappa shape index (κ2) is 10.5. The van der Waals surface area contributed by atoms with E-state index in [0.29, 0.717) is 43.1 Å². The maximum Gasteiger partial charge on any atom is 0.272 e. The minimum atomic E-state index is -1.10. The number of H-pyrrole nitrogens is 1. The number of carbonyl (C=O) groups is 1. The predicted octanol–water partition coefficient (Wildman–Crippen LogP) is 4.69. The zero-order chi connectivity index (χ0) is 25.0. The number of nitrogens with one attached hydrogen (secondary N) is 1. The number of carbonyl (C=O) groups excluding carboxylic acids is 1. The van der Waals surface area contributed by atoms with Crippen molar-refractivity contribution < 1.29 is 23.8 Å². The summed E-state index contributed by atoms with van der Waals surface area (Å²) < 4.78 is 24.9. The largest absolute Gasteiger partial charge is 0.494 e. The highest BCUT2D eigenvalue weighted by Crippen LogP contribution is 2.33. The van der Waals surface area contributed by atoms with E-state index < -0.39 is 11.7 Å². The SMILES string of the molecule is CCOc1ccc(-c2cc(C(=O)N3CC[C@@](O)(CC(C)C)[C@@H](Oc4ccc(F)cc4)C3)[nH]n2)cc1. The smallest absolute Gasteiger partial charge is 0.272 e. The van der Waals surface area contributed by atoms with Gasteiger partial charge >= 0.3 is 0 Å². The third kappa shape index (κ3) is 5.82. The van der Waals surface area contributed by atoms with Crippen LogP contribution in [0.5, 0.6) is 11.5 Å². The molecule has 2 aromatic carbocycles. The molecule has 0 unspecified atom stereocenters. The van der Waals surface area contributed by atoms with Crippen LogP contribution in [-0.4, -0.2) is 57.5 Å². The van der Waals surface area contributed by atoms with Crippen LogP contribution in [0.2, 0.25) is 0 Å². The van der Waals surface area contributed by atoms with Gasteiger partial charge in [0.05, 0.1) is 18.8 Å². The Labute approximate surface area is 204 Å². The van der Waals surface area contributed by atoms with E-state index in [-0.39, 0.29) is 24.2 Å². The van der Waals surface area contributed by atoms with Crippen LogP contribution in [0, 0.1) is 11.7 Å². The van der Waals surface area contributed by atoms with Crippen molar-refractivity contribution >= 4 is 5.91 Å². The second-order valence-corrected chi connectivity index (χ2v) is 9.39. The topological polar surface area (TPSA) is 87.7 Å². The summed E-state index contributed by atoms with van der Waals surface area (Å²) in [6, 6.07) is 14.9. The maximum atomic E-state index is 13.4. The molecule has 0 radical (unpaired) electrons. The van der Waals surface area contributed by atoms with Crippen LogP contribution >= 0.6 is 0 Å². The number of halogens is 1. The first kappa shape index (κ1) is 24.7. The summed E-state index contributed by atoms with van der Waals surface area (Å²) in [5.41, 5.74) is 0.791. The van der Waals surface area contributed by atoms with Gasteiger partial charge in [-0.25, -0.2) is 4.39 Å². The molecule has 2 heterocycles. The molecule has 0 aliphatic carbocycles. The Bertz CT molecular complexity index is 1130. The minimum Gasteiger partial charge on any atom is -0.494 e. The summed E-state index contributed by atoms with van der Waals surface area (Å²) >= 11 is 0. The van der Waals surface area contributed by atoms with E-state index in [2.05, 4.69) is 10.2 Å². The van der Waals surface area contributed by atoms with E-state index >= 15 is 0 Å². The highest BCUT2D eigenvalue weighted by molar-refractivity contribution is 5.93. The van der Waals surface area contributed by atoms with Gasteiger partial charge in [-0.15, -0.1) is 0 Å². The highest BCUT2D eigenvalue weighted by atomic mass is 19.1.